The van der Waals surface area contributed by atoms with Crippen molar-refractivity contribution in [2.24, 2.45) is 5.41 Å². The normalized spacial score (nSPS) is 25.9. The van der Waals surface area contributed by atoms with Crippen LogP contribution in [0.15, 0.2) is 0 Å². The third-order valence-corrected chi connectivity index (χ3v) is 5.45. The number of piperidine rings is 1. The van der Waals surface area contributed by atoms with Gasteiger partial charge in [-0.15, -0.1) is 0 Å². The standard InChI is InChI=1S/C17H32N2O2/c1-14(2)18-16(3,15(20)21)13-19-11-9-17(10-12-19)7-5-4-6-8-17/h14,18H,4-13H2,1-3H3,(H,20,21). The van der Waals surface area contributed by atoms with Crippen LogP contribution in [-0.4, -0.2) is 47.2 Å². The van der Waals surface area contributed by atoms with Crippen LogP contribution in [0, 0.1) is 5.41 Å². The summed E-state index contributed by atoms with van der Waals surface area (Å²) in [6, 6.07) is 0.181. The van der Waals surface area contributed by atoms with Gasteiger partial charge in [0.1, 0.15) is 5.54 Å². The highest BCUT2D eigenvalue weighted by Gasteiger charge is 2.40. The van der Waals surface area contributed by atoms with Crippen molar-refractivity contribution in [2.75, 3.05) is 19.6 Å². The second-order valence-electron chi connectivity index (χ2n) is 7.77. The molecule has 0 aromatic carbocycles. The van der Waals surface area contributed by atoms with Gasteiger partial charge >= 0.3 is 5.97 Å². The first-order chi connectivity index (χ1) is 9.85. The number of hydrogen-bond donors (Lipinski definition) is 2. The second kappa shape index (κ2) is 6.66. The molecule has 4 nitrogen and oxygen atoms in total. The minimum absolute atomic E-state index is 0.181. The van der Waals surface area contributed by atoms with Crippen molar-refractivity contribution in [1.82, 2.24) is 10.2 Å². The summed E-state index contributed by atoms with van der Waals surface area (Å²) in [6.07, 6.45) is 9.47. The minimum atomic E-state index is -0.842. The molecule has 1 atom stereocenters. The van der Waals surface area contributed by atoms with E-state index in [1.807, 2.05) is 20.8 Å². The first-order valence-corrected chi connectivity index (χ1v) is 8.59. The van der Waals surface area contributed by atoms with E-state index in [-0.39, 0.29) is 6.04 Å². The molecule has 122 valence electrons. The molecule has 0 amide bonds. The summed E-state index contributed by atoms with van der Waals surface area (Å²) in [4.78, 5) is 14.0. The summed E-state index contributed by atoms with van der Waals surface area (Å²) >= 11 is 0. The van der Waals surface area contributed by atoms with Crippen LogP contribution >= 0.6 is 0 Å². The van der Waals surface area contributed by atoms with Gasteiger partial charge in [0.25, 0.3) is 0 Å². The molecule has 2 rings (SSSR count). The Morgan fingerprint density at radius 3 is 2.24 bits per heavy atom. The van der Waals surface area contributed by atoms with Gasteiger partial charge in [-0.3, -0.25) is 10.1 Å². The van der Waals surface area contributed by atoms with Crippen LogP contribution in [-0.2, 0) is 4.79 Å². The average molecular weight is 296 g/mol. The molecule has 2 N–H and O–H groups in total. The summed E-state index contributed by atoms with van der Waals surface area (Å²) in [7, 11) is 0. The Morgan fingerprint density at radius 1 is 1.19 bits per heavy atom. The predicted molar refractivity (Wildman–Crippen MR) is 85.5 cm³/mol. The maximum Gasteiger partial charge on any atom is 0.324 e. The van der Waals surface area contributed by atoms with Crippen LogP contribution < -0.4 is 5.32 Å². The number of rotatable bonds is 5. The number of likely N-dealkylation sites (tertiary alicyclic amines) is 1. The van der Waals surface area contributed by atoms with Gasteiger partial charge < -0.3 is 10.0 Å². The second-order valence-corrected chi connectivity index (χ2v) is 7.77. The number of carboxylic acid groups (broad SMARTS) is 1. The monoisotopic (exact) mass is 296 g/mol. The fourth-order valence-electron chi connectivity index (χ4n) is 4.25. The highest BCUT2D eigenvalue weighted by atomic mass is 16.4. The minimum Gasteiger partial charge on any atom is -0.480 e. The molecule has 1 unspecified atom stereocenters. The summed E-state index contributed by atoms with van der Waals surface area (Å²) in [5.41, 5.74) is -0.259. The molecule has 0 aromatic heterocycles. The summed E-state index contributed by atoms with van der Waals surface area (Å²) < 4.78 is 0. The van der Waals surface area contributed by atoms with Gasteiger partial charge in [-0.1, -0.05) is 19.3 Å². The maximum atomic E-state index is 11.6. The molecule has 1 saturated heterocycles. The third kappa shape index (κ3) is 4.19. The number of carboxylic acids is 1. The molecular weight excluding hydrogens is 264 g/mol. The Kier molecular flexibility index (Phi) is 5.31. The van der Waals surface area contributed by atoms with Crippen LogP contribution in [0.4, 0.5) is 0 Å². The highest BCUT2D eigenvalue weighted by molar-refractivity contribution is 5.78. The Morgan fingerprint density at radius 2 is 1.76 bits per heavy atom. The zero-order chi connectivity index (χ0) is 15.5. The van der Waals surface area contributed by atoms with Crippen LogP contribution in [0.2, 0.25) is 0 Å². The smallest absolute Gasteiger partial charge is 0.324 e. The number of aliphatic carboxylic acids is 1. The van der Waals surface area contributed by atoms with Crippen LogP contribution in [0.1, 0.15) is 65.7 Å². The molecule has 1 spiro atoms. The molecule has 1 aliphatic heterocycles. The first-order valence-electron chi connectivity index (χ1n) is 8.59. The lowest BCUT2D eigenvalue weighted by atomic mass is 9.68. The summed E-state index contributed by atoms with van der Waals surface area (Å²) in [5.74, 6) is -0.742. The third-order valence-electron chi connectivity index (χ3n) is 5.45. The zero-order valence-electron chi connectivity index (χ0n) is 14.0. The van der Waals surface area contributed by atoms with Crippen molar-refractivity contribution in [2.45, 2.75) is 77.3 Å². The first kappa shape index (κ1) is 16.8. The van der Waals surface area contributed by atoms with Gasteiger partial charge in [-0.25, -0.2) is 0 Å². The number of carbonyl (C=O) groups is 1. The number of nitrogens with one attached hydrogen (secondary N) is 1. The molecule has 0 radical (unpaired) electrons. The lowest BCUT2D eigenvalue weighted by Crippen LogP contribution is -2.60. The molecule has 21 heavy (non-hydrogen) atoms. The van der Waals surface area contributed by atoms with Gasteiger partial charge in [-0.2, -0.15) is 0 Å². The Balaban J connectivity index is 1.90. The van der Waals surface area contributed by atoms with E-state index in [1.165, 1.54) is 44.9 Å². The van der Waals surface area contributed by atoms with E-state index in [1.54, 1.807) is 0 Å². The van der Waals surface area contributed by atoms with Crippen LogP contribution in [0.3, 0.4) is 0 Å². The molecule has 1 saturated carbocycles. The lowest BCUT2D eigenvalue weighted by molar-refractivity contribution is -0.145. The summed E-state index contributed by atoms with van der Waals surface area (Å²) in [5, 5.41) is 12.8. The van der Waals surface area contributed by atoms with Crippen LogP contribution in [0.5, 0.6) is 0 Å². The van der Waals surface area contributed by atoms with Gasteiger partial charge in [0.15, 0.2) is 0 Å². The van der Waals surface area contributed by atoms with E-state index in [0.717, 1.165) is 13.1 Å². The Bertz CT molecular complexity index is 354. The molecule has 0 aromatic rings. The van der Waals surface area contributed by atoms with Crippen molar-refractivity contribution in [3.05, 3.63) is 0 Å². The molecule has 1 aliphatic carbocycles. The topological polar surface area (TPSA) is 52.6 Å². The van der Waals surface area contributed by atoms with E-state index in [9.17, 15) is 9.90 Å². The lowest BCUT2D eigenvalue weighted by Gasteiger charge is -2.46. The van der Waals surface area contributed by atoms with Gasteiger partial charge in [0.05, 0.1) is 0 Å². The maximum absolute atomic E-state index is 11.6. The molecule has 2 fully saturated rings. The number of nitrogens with zero attached hydrogens (tertiary/aromatic N) is 1. The molecule has 0 bridgehead atoms. The summed E-state index contributed by atoms with van der Waals surface area (Å²) in [6.45, 7) is 8.56. The Hall–Kier alpha value is -0.610. The van der Waals surface area contributed by atoms with E-state index in [0.29, 0.717) is 12.0 Å². The van der Waals surface area contributed by atoms with Crippen molar-refractivity contribution in [3.63, 3.8) is 0 Å². The fourth-order valence-corrected chi connectivity index (χ4v) is 4.25. The molecule has 1 heterocycles. The van der Waals surface area contributed by atoms with Crippen LogP contribution in [0.25, 0.3) is 0 Å². The van der Waals surface area contributed by atoms with Gasteiger partial charge in [0, 0.05) is 12.6 Å². The van der Waals surface area contributed by atoms with Gasteiger partial charge in [-0.05, 0) is 65.0 Å². The van der Waals surface area contributed by atoms with Crippen molar-refractivity contribution in [1.29, 1.82) is 0 Å². The zero-order valence-corrected chi connectivity index (χ0v) is 14.0. The predicted octanol–water partition coefficient (Wildman–Crippen LogP) is 2.87. The largest absolute Gasteiger partial charge is 0.480 e. The average Bonchev–Trinajstić information content (AvgIpc) is 2.42. The highest BCUT2D eigenvalue weighted by Crippen LogP contribution is 2.44. The van der Waals surface area contributed by atoms with E-state index in [4.69, 9.17) is 0 Å². The van der Waals surface area contributed by atoms with Crippen molar-refractivity contribution in [3.8, 4) is 0 Å². The fraction of sp³-hybridized carbons (Fsp3) is 0.941. The van der Waals surface area contributed by atoms with E-state index < -0.39 is 11.5 Å². The van der Waals surface area contributed by atoms with Crippen molar-refractivity contribution >= 4 is 5.97 Å². The number of hydrogen-bond acceptors (Lipinski definition) is 3. The van der Waals surface area contributed by atoms with Crippen molar-refractivity contribution < 1.29 is 9.90 Å². The Labute approximate surface area is 129 Å². The van der Waals surface area contributed by atoms with E-state index >= 15 is 0 Å². The SMILES string of the molecule is CC(C)NC(C)(CN1CCC2(CCCCC2)CC1)C(=O)O. The quantitative estimate of drug-likeness (QED) is 0.819. The van der Waals surface area contributed by atoms with E-state index in [2.05, 4.69) is 10.2 Å². The molecule has 4 heteroatoms. The van der Waals surface area contributed by atoms with Gasteiger partial charge in [0.2, 0.25) is 0 Å². The molecular formula is C17H32N2O2. The molecule has 2 aliphatic rings.